The summed E-state index contributed by atoms with van der Waals surface area (Å²) < 4.78 is 25.9. The predicted molar refractivity (Wildman–Crippen MR) is 60.4 cm³/mol. The number of halogens is 3. The highest BCUT2D eigenvalue weighted by molar-refractivity contribution is 6.21. The minimum absolute atomic E-state index is 0.314. The Hall–Kier alpha value is -0.670. The molecule has 1 aliphatic carbocycles. The van der Waals surface area contributed by atoms with Gasteiger partial charge in [0.05, 0.1) is 0 Å². The predicted octanol–water partition coefficient (Wildman–Crippen LogP) is 3.07. The number of benzene rings is 1. The maximum atomic E-state index is 13.2. The molecule has 0 spiro atoms. The molecule has 0 atom stereocenters. The van der Waals surface area contributed by atoms with E-state index in [1.807, 2.05) is 0 Å². The molecule has 0 aromatic heterocycles. The second kappa shape index (κ2) is 5.11. The third-order valence-corrected chi connectivity index (χ3v) is 3.30. The van der Waals surface area contributed by atoms with Crippen LogP contribution >= 0.6 is 11.6 Å². The fraction of sp³-hybridized carbons (Fsp3) is 0.500. The lowest BCUT2D eigenvalue weighted by molar-refractivity contribution is 0.307. The van der Waals surface area contributed by atoms with E-state index in [0.29, 0.717) is 23.4 Å². The molecule has 0 aliphatic heterocycles. The molecule has 1 aliphatic rings. The summed E-state index contributed by atoms with van der Waals surface area (Å²) >= 11 is 5.85. The third kappa shape index (κ3) is 2.92. The first-order valence-electron chi connectivity index (χ1n) is 5.44. The van der Waals surface area contributed by atoms with Gasteiger partial charge in [0.25, 0.3) is 0 Å². The summed E-state index contributed by atoms with van der Waals surface area (Å²) in [5, 5.41) is 3.48. The monoisotopic (exact) mass is 245 g/mol. The molecule has 0 amide bonds. The zero-order valence-corrected chi connectivity index (χ0v) is 9.61. The Bertz CT molecular complexity index is 364. The van der Waals surface area contributed by atoms with Gasteiger partial charge in [0, 0.05) is 23.6 Å². The lowest BCUT2D eigenvalue weighted by Gasteiger charge is -2.31. The van der Waals surface area contributed by atoms with Crippen LogP contribution in [0.3, 0.4) is 0 Å². The largest absolute Gasteiger partial charge is 0.312 e. The molecule has 0 unspecified atom stereocenters. The van der Waals surface area contributed by atoms with Crippen molar-refractivity contribution in [1.82, 2.24) is 5.32 Å². The van der Waals surface area contributed by atoms with Crippen LogP contribution in [0.15, 0.2) is 18.2 Å². The standard InChI is InChI=1S/C12H14ClF2N/c13-10-3-8(4-10)6-16-7-9-1-2-11(14)5-12(9)15/h1-2,5,8,10,16H,3-4,6-7H2. The van der Waals surface area contributed by atoms with Crippen molar-refractivity contribution in [2.24, 2.45) is 5.92 Å². The van der Waals surface area contributed by atoms with Crippen LogP contribution in [-0.2, 0) is 6.54 Å². The van der Waals surface area contributed by atoms with Gasteiger partial charge in [-0.2, -0.15) is 0 Å². The average molecular weight is 246 g/mol. The molecular formula is C12H14ClF2N. The van der Waals surface area contributed by atoms with Crippen molar-refractivity contribution < 1.29 is 8.78 Å². The van der Waals surface area contributed by atoms with Gasteiger partial charge in [0.15, 0.2) is 0 Å². The van der Waals surface area contributed by atoms with Crippen molar-refractivity contribution in [2.45, 2.75) is 24.8 Å². The van der Waals surface area contributed by atoms with E-state index in [4.69, 9.17) is 11.6 Å². The van der Waals surface area contributed by atoms with Gasteiger partial charge in [-0.1, -0.05) is 6.07 Å². The third-order valence-electron chi connectivity index (χ3n) is 2.94. The van der Waals surface area contributed by atoms with Crippen LogP contribution in [-0.4, -0.2) is 11.9 Å². The molecule has 0 radical (unpaired) electrons. The SMILES string of the molecule is Fc1ccc(CNCC2CC(Cl)C2)c(F)c1. The van der Waals surface area contributed by atoms with Crippen LogP contribution in [0.1, 0.15) is 18.4 Å². The number of rotatable bonds is 4. The molecule has 16 heavy (non-hydrogen) atoms. The maximum Gasteiger partial charge on any atom is 0.130 e. The van der Waals surface area contributed by atoms with Crippen molar-refractivity contribution >= 4 is 11.6 Å². The van der Waals surface area contributed by atoms with Gasteiger partial charge in [0.1, 0.15) is 11.6 Å². The van der Waals surface area contributed by atoms with E-state index in [-0.39, 0.29) is 0 Å². The van der Waals surface area contributed by atoms with Crippen LogP contribution in [0.4, 0.5) is 8.78 Å². The fourth-order valence-electron chi connectivity index (χ4n) is 1.90. The van der Waals surface area contributed by atoms with Crippen molar-refractivity contribution in [3.8, 4) is 0 Å². The summed E-state index contributed by atoms with van der Waals surface area (Å²) in [5.41, 5.74) is 0.503. The molecule has 0 saturated heterocycles. The highest BCUT2D eigenvalue weighted by Gasteiger charge is 2.26. The summed E-state index contributed by atoms with van der Waals surface area (Å²) in [6, 6.07) is 3.66. The Kier molecular flexibility index (Phi) is 3.77. The fourth-order valence-corrected chi connectivity index (χ4v) is 2.40. The molecule has 1 aromatic rings. The Morgan fingerprint density at radius 2 is 2.06 bits per heavy atom. The topological polar surface area (TPSA) is 12.0 Å². The first kappa shape index (κ1) is 11.8. The average Bonchev–Trinajstić information content (AvgIpc) is 2.18. The van der Waals surface area contributed by atoms with Gasteiger partial charge < -0.3 is 5.32 Å². The van der Waals surface area contributed by atoms with E-state index >= 15 is 0 Å². The molecule has 1 fully saturated rings. The van der Waals surface area contributed by atoms with Crippen LogP contribution in [0.5, 0.6) is 0 Å². The van der Waals surface area contributed by atoms with Crippen LogP contribution in [0.2, 0.25) is 0 Å². The van der Waals surface area contributed by atoms with Gasteiger partial charge in [-0.25, -0.2) is 8.78 Å². The Morgan fingerprint density at radius 3 is 2.69 bits per heavy atom. The molecule has 1 saturated carbocycles. The zero-order chi connectivity index (χ0) is 11.5. The van der Waals surface area contributed by atoms with E-state index in [1.54, 1.807) is 0 Å². The first-order chi connectivity index (χ1) is 7.65. The van der Waals surface area contributed by atoms with Crippen molar-refractivity contribution in [3.63, 3.8) is 0 Å². The highest BCUT2D eigenvalue weighted by Crippen LogP contribution is 2.31. The lowest BCUT2D eigenvalue weighted by atomic mass is 9.85. The van der Waals surface area contributed by atoms with Crippen LogP contribution < -0.4 is 5.32 Å². The number of hydrogen-bond donors (Lipinski definition) is 1. The normalized spacial score (nSPS) is 24.2. The van der Waals surface area contributed by atoms with Crippen LogP contribution in [0, 0.1) is 17.6 Å². The molecule has 1 N–H and O–H groups in total. The van der Waals surface area contributed by atoms with Crippen molar-refractivity contribution in [1.29, 1.82) is 0 Å². The van der Waals surface area contributed by atoms with Crippen molar-refractivity contribution in [2.75, 3.05) is 6.54 Å². The maximum absolute atomic E-state index is 13.2. The molecule has 0 bridgehead atoms. The van der Waals surface area contributed by atoms with E-state index in [9.17, 15) is 8.78 Å². The Morgan fingerprint density at radius 1 is 1.31 bits per heavy atom. The van der Waals surface area contributed by atoms with Gasteiger partial charge in [0.2, 0.25) is 0 Å². The van der Waals surface area contributed by atoms with Crippen molar-refractivity contribution in [3.05, 3.63) is 35.4 Å². The van der Waals surface area contributed by atoms with E-state index in [1.165, 1.54) is 12.1 Å². The Labute approximate surface area is 98.8 Å². The van der Waals surface area contributed by atoms with Gasteiger partial charge in [-0.05, 0) is 31.4 Å². The van der Waals surface area contributed by atoms with Gasteiger partial charge in [-0.3, -0.25) is 0 Å². The molecule has 1 nitrogen and oxygen atoms in total. The minimum atomic E-state index is -0.537. The number of hydrogen-bond acceptors (Lipinski definition) is 1. The zero-order valence-electron chi connectivity index (χ0n) is 8.85. The summed E-state index contributed by atoms with van der Waals surface area (Å²) in [5.74, 6) is -0.424. The molecule has 4 heteroatoms. The molecular weight excluding hydrogens is 232 g/mol. The van der Waals surface area contributed by atoms with Crippen LogP contribution in [0.25, 0.3) is 0 Å². The number of nitrogens with one attached hydrogen (secondary N) is 1. The quantitative estimate of drug-likeness (QED) is 0.804. The highest BCUT2D eigenvalue weighted by atomic mass is 35.5. The first-order valence-corrected chi connectivity index (χ1v) is 5.87. The van der Waals surface area contributed by atoms with E-state index in [2.05, 4.69) is 5.32 Å². The molecule has 2 rings (SSSR count). The second-order valence-corrected chi connectivity index (χ2v) is 4.92. The van der Waals surface area contributed by atoms with Gasteiger partial charge in [-0.15, -0.1) is 11.6 Å². The number of alkyl halides is 1. The summed E-state index contributed by atoms with van der Waals surface area (Å²) in [7, 11) is 0. The second-order valence-electron chi connectivity index (χ2n) is 4.30. The summed E-state index contributed by atoms with van der Waals surface area (Å²) in [6.45, 7) is 1.29. The Balaban J connectivity index is 1.76. The summed E-state index contributed by atoms with van der Waals surface area (Å²) in [4.78, 5) is 0. The molecule has 0 heterocycles. The minimum Gasteiger partial charge on any atom is -0.312 e. The molecule has 1 aromatic carbocycles. The van der Waals surface area contributed by atoms with Gasteiger partial charge >= 0.3 is 0 Å². The van der Waals surface area contributed by atoms with E-state index < -0.39 is 11.6 Å². The lowest BCUT2D eigenvalue weighted by Crippen LogP contribution is -2.33. The van der Waals surface area contributed by atoms with E-state index in [0.717, 1.165) is 25.5 Å². The molecule has 88 valence electrons. The summed E-state index contributed by atoms with van der Waals surface area (Å²) in [6.07, 6.45) is 2.06. The smallest absolute Gasteiger partial charge is 0.130 e.